The van der Waals surface area contributed by atoms with E-state index in [2.05, 4.69) is 5.32 Å². The number of ether oxygens (including phenoxy) is 2. The highest BCUT2D eigenvalue weighted by Crippen LogP contribution is 2.37. The second kappa shape index (κ2) is 9.75. The topological polar surface area (TPSA) is 84.9 Å². The Balaban J connectivity index is 2.34. The van der Waals surface area contributed by atoms with E-state index in [9.17, 15) is 19.1 Å². The lowest BCUT2D eigenvalue weighted by Crippen LogP contribution is -2.24. The maximum atomic E-state index is 13.3. The third-order valence-electron chi connectivity index (χ3n) is 3.46. The number of carboxylic acids is 1. The quantitative estimate of drug-likeness (QED) is 0.645. The van der Waals surface area contributed by atoms with Crippen molar-refractivity contribution in [2.45, 2.75) is 20.5 Å². The van der Waals surface area contributed by atoms with Crippen molar-refractivity contribution in [2.75, 3.05) is 6.61 Å². The van der Waals surface area contributed by atoms with E-state index in [-0.39, 0.29) is 28.9 Å². The van der Waals surface area contributed by atoms with E-state index >= 15 is 0 Å². The Morgan fingerprint density at radius 3 is 2.61 bits per heavy atom. The Morgan fingerprint density at radius 1 is 1.25 bits per heavy atom. The molecule has 0 saturated carbocycles. The van der Waals surface area contributed by atoms with Crippen molar-refractivity contribution >= 4 is 29.6 Å². The molecule has 0 fully saturated rings. The normalized spacial score (nSPS) is 11.1. The van der Waals surface area contributed by atoms with Gasteiger partial charge in [0.1, 0.15) is 18.1 Å². The van der Waals surface area contributed by atoms with Crippen molar-refractivity contribution in [3.05, 3.63) is 64.1 Å². The zero-order chi connectivity index (χ0) is 20.7. The summed E-state index contributed by atoms with van der Waals surface area (Å²) in [6.45, 7) is 3.36. The number of rotatable bonds is 8. The molecular formula is C20H19ClFNO5. The van der Waals surface area contributed by atoms with Gasteiger partial charge in [0.25, 0.3) is 0 Å². The van der Waals surface area contributed by atoms with Crippen molar-refractivity contribution in [2.24, 2.45) is 0 Å². The monoisotopic (exact) mass is 407 g/mol. The average Bonchev–Trinajstić information content (AvgIpc) is 2.60. The first-order valence-electron chi connectivity index (χ1n) is 8.36. The van der Waals surface area contributed by atoms with Crippen LogP contribution >= 0.6 is 11.6 Å². The van der Waals surface area contributed by atoms with Crippen LogP contribution in [0.4, 0.5) is 4.39 Å². The average molecular weight is 408 g/mol. The van der Waals surface area contributed by atoms with Crippen LogP contribution in [0.2, 0.25) is 5.02 Å². The van der Waals surface area contributed by atoms with Gasteiger partial charge in [0, 0.05) is 6.92 Å². The van der Waals surface area contributed by atoms with Crippen molar-refractivity contribution in [3.63, 3.8) is 0 Å². The molecule has 2 aromatic rings. The molecule has 2 aromatic carbocycles. The third kappa shape index (κ3) is 5.99. The van der Waals surface area contributed by atoms with Gasteiger partial charge in [-0.15, -0.1) is 0 Å². The minimum Gasteiger partial charge on any atom is -0.490 e. The fraction of sp³-hybridized carbons (Fsp3) is 0.200. The van der Waals surface area contributed by atoms with Gasteiger partial charge in [-0.2, -0.15) is 0 Å². The number of hydrogen-bond donors (Lipinski definition) is 2. The number of benzene rings is 2. The van der Waals surface area contributed by atoms with E-state index in [4.69, 9.17) is 21.1 Å². The summed E-state index contributed by atoms with van der Waals surface area (Å²) in [7, 11) is 0. The molecule has 1 amide bonds. The molecule has 0 radical (unpaired) electrons. The maximum absolute atomic E-state index is 13.3. The zero-order valence-electron chi connectivity index (χ0n) is 15.3. The van der Waals surface area contributed by atoms with E-state index in [1.807, 2.05) is 0 Å². The molecule has 148 valence electrons. The van der Waals surface area contributed by atoms with Gasteiger partial charge in [0.15, 0.2) is 11.5 Å². The molecule has 0 aliphatic heterocycles. The van der Waals surface area contributed by atoms with Crippen LogP contribution in [0.3, 0.4) is 0 Å². The predicted molar refractivity (Wildman–Crippen MR) is 103 cm³/mol. The van der Waals surface area contributed by atoms with Gasteiger partial charge in [0.2, 0.25) is 5.91 Å². The zero-order valence-corrected chi connectivity index (χ0v) is 16.0. The number of carbonyl (C=O) groups excluding carboxylic acids is 1. The minimum absolute atomic E-state index is 0.0685. The fourth-order valence-electron chi connectivity index (χ4n) is 2.36. The summed E-state index contributed by atoms with van der Waals surface area (Å²) in [5.41, 5.74) is 0.707. The van der Waals surface area contributed by atoms with Gasteiger partial charge in [-0.1, -0.05) is 23.7 Å². The molecule has 0 unspecified atom stereocenters. The number of amides is 1. The van der Waals surface area contributed by atoms with Crippen molar-refractivity contribution in [3.8, 4) is 11.5 Å². The minimum atomic E-state index is -1.30. The molecule has 0 heterocycles. The van der Waals surface area contributed by atoms with E-state index in [1.165, 1.54) is 31.2 Å². The molecule has 0 aliphatic carbocycles. The summed E-state index contributed by atoms with van der Waals surface area (Å²) >= 11 is 6.29. The van der Waals surface area contributed by atoms with Gasteiger partial charge >= 0.3 is 5.97 Å². The lowest BCUT2D eigenvalue weighted by molar-refractivity contribution is -0.134. The fourth-order valence-corrected chi connectivity index (χ4v) is 2.64. The Bertz CT molecular complexity index is 913. The van der Waals surface area contributed by atoms with Crippen LogP contribution in [0, 0.1) is 5.82 Å². The molecule has 0 spiro atoms. The largest absolute Gasteiger partial charge is 0.490 e. The maximum Gasteiger partial charge on any atom is 0.352 e. The molecule has 0 bridgehead atoms. The summed E-state index contributed by atoms with van der Waals surface area (Å²) in [4.78, 5) is 22.5. The highest BCUT2D eigenvalue weighted by molar-refractivity contribution is 6.32. The number of nitrogens with one attached hydrogen (secondary N) is 1. The third-order valence-corrected chi connectivity index (χ3v) is 3.74. The molecular weight excluding hydrogens is 389 g/mol. The molecule has 8 heteroatoms. The SMILES string of the molecule is CCOc1cc(C=C(NC(C)=O)C(=O)O)cc(Cl)c1OCc1cccc(F)c1. The summed E-state index contributed by atoms with van der Waals surface area (Å²) in [6.07, 6.45) is 1.26. The molecule has 0 aliphatic rings. The van der Waals surface area contributed by atoms with Crippen LogP contribution in [0.15, 0.2) is 42.1 Å². The highest BCUT2D eigenvalue weighted by Gasteiger charge is 2.15. The number of hydrogen-bond acceptors (Lipinski definition) is 4. The summed E-state index contributed by atoms with van der Waals surface area (Å²) in [5, 5.41) is 11.6. The van der Waals surface area contributed by atoms with Crippen LogP contribution in [0.5, 0.6) is 11.5 Å². The molecule has 0 atom stereocenters. The molecule has 6 nitrogen and oxygen atoms in total. The van der Waals surface area contributed by atoms with Crippen molar-refractivity contribution in [1.29, 1.82) is 0 Å². The first-order chi connectivity index (χ1) is 13.3. The Hall–Kier alpha value is -3.06. The standard InChI is InChI=1S/C20H19ClFNO5/c1-3-27-18-10-14(9-17(20(25)26)23-12(2)24)8-16(21)19(18)28-11-13-5-4-6-15(22)7-13/h4-10H,3,11H2,1-2H3,(H,23,24)(H,25,26). The Kier molecular flexibility index (Phi) is 7.40. The summed E-state index contributed by atoms with van der Waals surface area (Å²) in [6, 6.07) is 8.98. The smallest absolute Gasteiger partial charge is 0.352 e. The number of carbonyl (C=O) groups is 2. The van der Waals surface area contributed by atoms with Crippen LogP contribution in [-0.2, 0) is 16.2 Å². The summed E-state index contributed by atoms with van der Waals surface area (Å²) in [5.74, 6) is -1.64. The number of carboxylic acid groups (broad SMARTS) is 1. The molecule has 2 N–H and O–H groups in total. The van der Waals surface area contributed by atoms with E-state index in [0.717, 1.165) is 0 Å². The molecule has 2 rings (SSSR count). The van der Waals surface area contributed by atoms with Crippen LogP contribution in [-0.4, -0.2) is 23.6 Å². The van der Waals surface area contributed by atoms with Gasteiger partial charge in [-0.25, -0.2) is 9.18 Å². The van der Waals surface area contributed by atoms with E-state index in [0.29, 0.717) is 23.5 Å². The molecule has 0 saturated heterocycles. The lowest BCUT2D eigenvalue weighted by Gasteiger charge is -2.15. The van der Waals surface area contributed by atoms with Crippen molar-refractivity contribution < 1.29 is 28.6 Å². The Morgan fingerprint density at radius 2 is 2.00 bits per heavy atom. The van der Waals surface area contributed by atoms with Crippen molar-refractivity contribution in [1.82, 2.24) is 5.32 Å². The lowest BCUT2D eigenvalue weighted by atomic mass is 10.1. The summed E-state index contributed by atoms with van der Waals surface area (Å²) < 4.78 is 24.6. The van der Waals surface area contributed by atoms with Gasteiger partial charge in [-0.05, 0) is 48.4 Å². The Labute approximate surface area is 166 Å². The van der Waals surface area contributed by atoms with Gasteiger partial charge in [-0.3, -0.25) is 4.79 Å². The first kappa shape index (κ1) is 21.2. The van der Waals surface area contributed by atoms with E-state index < -0.39 is 11.9 Å². The van der Waals surface area contributed by atoms with Gasteiger partial charge in [0.05, 0.1) is 11.6 Å². The first-order valence-corrected chi connectivity index (χ1v) is 8.74. The van der Waals surface area contributed by atoms with E-state index in [1.54, 1.807) is 25.1 Å². The van der Waals surface area contributed by atoms with Gasteiger partial charge < -0.3 is 19.9 Å². The molecule has 28 heavy (non-hydrogen) atoms. The predicted octanol–water partition coefficient (Wildman–Crippen LogP) is 4.02. The van der Waals surface area contributed by atoms with Crippen LogP contribution in [0.25, 0.3) is 6.08 Å². The van der Waals surface area contributed by atoms with Crippen LogP contribution < -0.4 is 14.8 Å². The second-order valence-corrected chi connectivity index (χ2v) is 6.13. The number of halogens is 2. The highest BCUT2D eigenvalue weighted by atomic mass is 35.5. The van der Waals surface area contributed by atoms with Crippen LogP contribution in [0.1, 0.15) is 25.0 Å². The second-order valence-electron chi connectivity index (χ2n) is 5.73. The number of aliphatic carboxylic acids is 1. The molecule has 0 aromatic heterocycles.